The molecule has 1 aromatic heterocycles. The van der Waals surface area contributed by atoms with Crippen molar-refractivity contribution >= 4 is 11.7 Å². The predicted octanol–water partition coefficient (Wildman–Crippen LogP) is 3.06. The molecule has 32 heavy (non-hydrogen) atoms. The van der Waals surface area contributed by atoms with Gasteiger partial charge in [0, 0.05) is 37.7 Å². The monoisotopic (exact) mass is 444 g/mol. The maximum Gasteiger partial charge on any atom is 0.318 e. The maximum atomic E-state index is 13.3. The van der Waals surface area contributed by atoms with Gasteiger partial charge in [-0.1, -0.05) is 13.8 Å². The Morgan fingerprint density at radius 3 is 2.56 bits per heavy atom. The molecule has 0 atom stereocenters. The molecule has 9 heteroatoms. The van der Waals surface area contributed by atoms with Crippen LogP contribution >= 0.6 is 0 Å². The van der Waals surface area contributed by atoms with Crippen molar-refractivity contribution in [2.24, 2.45) is 0 Å². The molecule has 0 aliphatic carbocycles. The molecule has 174 valence electrons. The SMILES string of the molecule is COCCOc1nc2c(c(NC(C)C)n1)CN(C(=O)c1cc(C(C)C)c(O)cc1O)CC2. The highest BCUT2D eigenvalue weighted by Crippen LogP contribution is 2.34. The second kappa shape index (κ2) is 10.0. The number of aromatic hydroxyl groups is 2. The van der Waals surface area contributed by atoms with Crippen LogP contribution in [-0.4, -0.2) is 63.9 Å². The average Bonchev–Trinajstić information content (AvgIpc) is 2.72. The van der Waals surface area contributed by atoms with Crippen LogP contribution in [0.15, 0.2) is 12.1 Å². The third-order valence-electron chi connectivity index (χ3n) is 5.27. The number of phenols is 2. The Morgan fingerprint density at radius 2 is 1.91 bits per heavy atom. The van der Waals surface area contributed by atoms with Crippen LogP contribution in [0.4, 0.5) is 5.82 Å². The number of fused-ring (bicyclic) bond motifs is 1. The molecule has 0 bridgehead atoms. The predicted molar refractivity (Wildman–Crippen MR) is 120 cm³/mol. The molecule has 3 rings (SSSR count). The zero-order chi connectivity index (χ0) is 23.4. The van der Waals surface area contributed by atoms with Crippen LogP contribution in [0.25, 0.3) is 0 Å². The number of phenolic OH excluding ortho intramolecular Hbond substituents is 2. The zero-order valence-electron chi connectivity index (χ0n) is 19.3. The maximum absolute atomic E-state index is 13.3. The first-order valence-electron chi connectivity index (χ1n) is 10.8. The highest BCUT2D eigenvalue weighted by atomic mass is 16.5. The van der Waals surface area contributed by atoms with Crippen molar-refractivity contribution in [1.29, 1.82) is 0 Å². The normalized spacial score (nSPS) is 13.4. The number of methoxy groups -OCH3 is 1. The van der Waals surface area contributed by atoms with Crippen molar-refractivity contribution in [3.8, 4) is 17.5 Å². The lowest BCUT2D eigenvalue weighted by Crippen LogP contribution is -2.37. The van der Waals surface area contributed by atoms with Crippen LogP contribution in [0, 0.1) is 0 Å². The van der Waals surface area contributed by atoms with Crippen LogP contribution in [-0.2, 0) is 17.7 Å². The van der Waals surface area contributed by atoms with Crippen LogP contribution in [0.1, 0.15) is 60.8 Å². The second-order valence-corrected chi connectivity index (χ2v) is 8.48. The van der Waals surface area contributed by atoms with Gasteiger partial charge in [-0.3, -0.25) is 4.79 Å². The summed E-state index contributed by atoms with van der Waals surface area (Å²) in [6, 6.07) is 3.21. The van der Waals surface area contributed by atoms with Gasteiger partial charge in [0.1, 0.15) is 23.9 Å². The minimum atomic E-state index is -0.300. The van der Waals surface area contributed by atoms with Crippen LogP contribution in [0.5, 0.6) is 17.5 Å². The molecule has 1 amide bonds. The van der Waals surface area contributed by atoms with E-state index >= 15 is 0 Å². The first-order valence-corrected chi connectivity index (χ1v) is 10.8. The smallest absolute Gasteiger partial charge is 0.318 e. The molecular weight excluding hydrogens is 412 g/mol. The number of aromatic nitrogens is 2. The molecule has 1 aliphatic heterocycles. The number of carbonyl (C=O) groups excluding carboxylic acids is 1. The molecule has 1 aromatic carbocycles. The summed E-state index contributed by atoms with van der Waals surface area (Å²) >= 11 is 0. The fourth-order valence-corrected chi connectivity index (χ4v) is 3.64. The summed E-state index contributed by atoms with van der Waals surface area (Å²) in [6.07, 6.45) is 0.535. The Labute approximate surface area is 188 Å². The van der Waals surface area contributed by atoms with Gasteiger partial charge in [0.05, 0.1) is 24.4 Å². The first-order chi connectivity index (χ1) is 15.2. The Morgan fingerprint density at radius 1 is 1.16 bits per heavy atom. The molecule has 2 heterocycles. The van der Waals surface area contributed by atoms with E-state index in [1.54, 1.807) is 18.1 Å². The largest absolute Gasteiger partial charge is 0.508 e. The summed E-state index contributed by atoms with van der Waals surface area (Å²) in [4.78, 5) is 24.0. The Bertz CT molecular complexity index is 977. The van der Waals surface area contributed by atoms with Gasteiger partial charge in [0.2, 0.25) is 0 Å². The summed E-state index contributed by atoms with van der Waals surface area (Å²) in [7, 11) is 1.60. The summed E-state index contributed by atoms with van der Waals surface area (Å²) in [5.41, 5.74) is 2.46. The minimum absolute atomic E-state index is 0.0102. The fraction of sp³-hybridized carbons (Fsp3) is 0.522. The third-order valence-corrected chi connectivity index (χ3v) is 5.27. The van der Waals surface area contributed by atoms with Gasteiger partial charge >= 0.3 is 6.01 Å². The van der Waals surface area contributed by atoms with Crippen molar-refractivity contribution in [3.05, 3.63) is 34.5 Å². The number of hydrogen-bond acceptors (Lipinski definition) is 8. The number of ether oxygens (including phenoxy) is 2. The highest BCUT2D eigenvalue weighted by molar-refractivity contribution is 5.97. The average molecular weight is 445 g/mol. The van der Waals surface area contributed by atoms with Gasteiger partial charge in [-0.2, -0.15) is 9.97 Å². The lowest BCUT2D eigenvalue weighted by molar-refractivity contribution is 0.0730. The van der Waals surface area contributed by atoms with E-state index in [4.69, 9.17) is 9.47 Å². The number of amides is 1. The van der Waals surface area contributed by atoms with Crippen molar-refractivity contribution in [2.75, 3.05) is 32.2 Å². The standard InChI is InChI=1S/C23H32N4O5/c1-13(2)15-10-16(20(29)11-19(15)28)22(30)27-7-6-18-17(12-27)21(24-14(3)4)26-23(25-18)32-9-8-31-5/h10-11,13-14,28-29H,6-9,12H2,1-5H3,(H,24,25,26). The molecule has 0 saturated carbocycles. The zero-order valence-corrected chi connectivity index (χ0v) is 19.3. The van der Waals surface area contributed by atoms with E-state index in [2.05, 4.69) is 15.3 Å². The van der Waals surface area contributed by atoms with E-state index in [-0.39, 0.29) is 40.9 Å². The van der Waals surface area contributed by atoms with Crippen LogP contribution < -0.4 is 10.1 Å². The number of anilines is 1. The van der Waals surface area contributed by atoms with Crippen LogP contribution in [0.2, 0.25) is 0 Å². The summed E-state index contributed by atoms with van der Waals surface area (Å²) in [5.74, 6) is 0.0897. The number of carbonyl (C=O) groups is 1. The number of hydrogen-bond donors (Lipinski definition) is 3. The summed E-state index contributed by atoms with van der Waals surface area (Å²) in [6.45, 7) is 9.39. The molecule has 0 saturated heterocycles. The van der Waals surface area contributed by atoms with Crippen molar-refractivity contribution < 1.29 is 24.5 Å². The lowest BCUT2D eigenvalue weighted by atomic mass is 9.97. The third kappa shape index (κ3) is 5.21. The Kier molecular flexibility index (Phi) is 7.40. The van der Waals surface area contributed by atoms with Crippen LogP contribution in [0.3, 0.4) is 0 Å². The number of rotatable bonds is 8. The highest BCUT2D eigenvalue weighted by Gasteiger charge is 2.29. The van der Waals surface area contributed by atoms with Gasteiger partial charge in [-0.15, -0.1) is 0 Å². The van der Waals surface area contributed by atoms with Gasteiger partial charge in [0.15, 0.2) is 0 Å². The fourth-order valence-electron chi connectivity index (χ4n) is 3.64. The van der Waals surface area contributed by atoms with E-state index in [1.807, 2.05) is 27.7 Å². The summed E-state index contributed by atoms with van der Waals surface area (Å²) < 4.78 is 10.6. The van der Waals surface area contributed by atoms with Crippen molar-refractivity contribution in [2.45, 2.75) is 52.6 Å². The molecule has 2 aromatic rings. The molecule has 0 unspecified atom stereocenters. The van der Waals surface area contributed by atoms with Gasteiger partial charge < -0.3 is 29.9 Å². The number of nitrogens with one attached hydrogen (secondary N) is 1. The van der Waals surface area contributed by atoms with Gasteiger partial charge in [-0.25, -0.2) is 0 Å². The lowest BCUT2D eigenvalue weighted by Gasteiger charge is -2.30. The molecular formula is C23H32N4O5. The molecule has 0 fully saturated rings. The van der Waals surface area contributed by atoms with Gasteiger partial charge in [0.25, 0.3) is 5.91 Å². The van der Waals surface area contributed by atoms with Gasteiger partial charge in [-0.05, 0) is 31.4 Å². The first kappa shape index (κ1) is 23.6. The molecule has 9 nitrogen and oxygen atoms in total. The van der Waals surface area contributed by atoms with E-state index in [0.29, 0.717) is 44.1 Å². The van der Waals surface area contributed by atoms with E-state index < -0.39 is 0 Å². The topological polar surface area (TPSA) is 117 Å². The molecule has 0 radical (unpaired) electrons. The van der Waals surface area contributed by atoms with E-state index in [1.165, 1.54) is 6.07 Å². The summed E-state index contributed by atoms with van der Waals surface area (Å²) in [5, 5.41) is 23.8. The van der Waals surface area contributed by atoms with Crippen molar-refractivity contribution in [1.82, 2.24) is 14.9 Å². The number of nitrogens with zero attached hydrogens (tertiary/aromatic N) is 3. The minimum Gasteiger partial charge on any atom is -0.508 e. The second-order valence-electron chi connectivity index (χ2n) is 8.48. The molecule has 0 spiro atoms. The van der Waals surface area contributed by atoms with Crippen molar-refractivity contribution in [3.63, 3.8) is 0 Å². The Balaban J connectivity index is 1.90. The quantitative estimate of drug-likeness (QED) is 0.532. The van der Waals surface area contributed by atoms with E-state index in [0.717, 1.165) is 11.3 Å². The molecule has 3 N–H and O–H groups in total. The Hall–Kier alpha value is -3.07. The van der Waals surface area contributed by atoms with E-state index in [9.17, 15) is 15.0 Å². The molecule has 1 aliphatic rings. The number of benzene rings is 1.